The van der Waals surface area contributed by atoms with Crippen molar-refractivity contribution in [2.45, 2.75) is 19.4 Å². The van der Waals surface area contributed by atoms with Crippen LogP contribution in [0.25, 0.3) is 0 Å². The lowest BCUT2D eigenvalue weighted by Gasteiger charge is -2.12. The number of hydrogen-bond acceptors (Lipinski definition) is 4. The van der Waals surface area contributed by atoms with Crippen LogP contribution < -0.4 is 11.1 Å². The Balaban J connectivity index is 2.18. The van der Waals surface area contributed by atoms with Gasteiger partial charge in [0.05, 0.1) is 6.61 Å². The van der Waals surface area contributed by atoms with Gasteiger partial charge in [0.25, 0.3) is 0 Å². The van der Waals surface area contributed by atoms with Gasteiger partial charge >= 0.3 is 0 Å². The second kappa shape index (κ2) is 7.38. The van der Waals surface area contributed by atoms with Gasteiger partial charge in [-0.25, -0.2) is 0 Å². The summed E-state index contributed by atoms with van der Waals surface area (Å²) in [6.07, 6.45) is 0.861. The van der Waals surface area contributed by atoms with Crippen LogP contribution in [-0.2, 0) is 16.0 Å². The fraction of sp³-hybridized carbons (Fsp3) is 0.545. The van der Waals surface area contributed by atoms with E-state index in [4.69, 9.17) is 10.5 Å². The number of rotatable bonds is 7. The summed E-state index contributed by atoms with van der Waals surface area (Å²) >= 11 is 1.70. The lowest BCUT2D eigenvalue weighted by Crippen LogP contribution is -2.36. The van der Waals surface area contributed by atoms with E-state index in [1.807, 2.05) is 18.4 Å². The van der Waals surface area contributed by atoms with Gasteiger partial charge in [0.15, 0.2) is 0 Å². The number of ether oxygens (including phenoxy) is 1. The van der Waals surface area contributed by atoms with E-state index in [9.17, 15) is 4.79 Å². The fourth-order valence-corrected chi connectivity index (χ4v) is 2.18. The van der Waals surface area contributed by atoms with E-state index in [1.54, 1.807) is 11.3 Å². The molecule has 1 aromatic rings. The molecule has 90 valence electrons. The number of carbonyl (C=O) groups excluding carboxylic acids is 1. The molecule has 1 aromatic heterocycles. The van der Waals surface area contributed by atoms with Gasteiger partial charge in [-0.05, 0) is 18.4 Å². The topological polar surface area (TPSA) is 64.3 Å². The smallest absolute Gasteiger partial charge is 0.246 e. The molecule has 3 N–H and O–H groups in total. The molecule has 0 saturated carbocycles. The highest BCUT2D eigenvalue weighted by Gasteiger charge is 2.08. The average molecular weight is 242 g/mol. The van der Waals surface area contributed by atoms with Crippen LogP contribution in [0.1, 0.15) is 11.8 Å². The molecule has 0 fully saturated rings. The second-order valence-electron chi connectivity index (χ2n) is 3.59. The SMILES string of the molecule is CC(Cc1cccs1)NC(=O)COCCN. The molecular formula is C11H18N2O2S. The molecule has 0 aliphatic heterocycles. The molecule has 0 bridgehead atoms. The molecule has 0 spiro atoms. The Bertz CT molecular complexity index is 301. The third kappa shape index (κ3) is 5.25. The zero-order valence-corrected chi connectivity index (χ0v) is 10.3. The molecule has 16 heavy (non-hydrogen) atoms. The number of thiophene rings is 1. The average Bonchev–Trinajstić information content (AvgIpc) is 2.70. The lowest BCUT2D eigenvalue weighted by molar-refractivity contribution is -0.126. The maximum atomic E-state index is 11.4. The molecule has 5 heteroatoms. The molecule has 1 rings (SSSR count). The van der Waals surface area contributed by atoms with Crippen molar-refractivity contribution < 1.29 is 9.53 Å². The van der Waals surface area contributed by atoms with Gasteiger partial charge in [-0.3, -0.25) is 4.79 Å². The van der Waals surface area contributed by atoms with Gasteiger partial charge in [0.2, 0.25) is 5.91 Å². The molecule has 0 aliphatic carbocycles. The maximum absolute atomic E-state index is 11.4. The second-order valence-corrected chi connectivity index (χ2v) is 4.63. The zero-order valence-electron chi connectivity index (χ0n) is 9.44. The summed E-state index contributed by atoms with van der Waals surface area (Å²) in [6, 6.07) is 4.21. The first-order valence-electron chi connectivity index (χ1n) is 5.32. The summed E-state index contributed by atoms with van der Waals surface area (Å²) < 4.78 is 5.05. The van der Waals surface area contributed by atoms with Gasteiger partial charge < -0.3 is 15.8 Å². The molecule has 1 amide bonds. The van der Waals surface area contributed by atoms with Crippen molar-refractivity contribution in [2.75, 3.05) is 19.8 Å². The lowest BCUT2D eigenvalue weighted by atomic mass is 10.2. The van der Waals surface area contributed by atoms with E-state index in [0.29, 0.717) is 13.2 Å². The first-order chi connectivity index (χ1) is 7.72. The first kappa shape index (κ1) is 13.2. The van der Waals surface area contributed by atoms with E-state index in [0.717, 1.165) is 6.42 Å². The number of nitrogens with one attached hydrogen (secondary N) is 1. The van der Waals surface area contributed by atoms with Crippen LogP contribution in [0.4, 0.5) is 0 Å². The predicted molar refractivity (Wildman–Crippen MR) is 65.5 cm³/mol. The van der Waals surface area contributed by atoms with Crippen LogP contribution in [0, 0.1) is 0 Å². The summed E-state index contributed by atoms with van der Waals surface area (Å²) in [4.78, 5) is 12.7. The van der Waals surface area contributed by atoms with E-state index < -0.39 is 0 Å². The summed E-state index contributed by atoms with van der Waals surface area (Å²) in [6.45, 7) is 2.94. The van der Waals surface area contributed by atoms with Crippen LogP contribution in [0.15, 0.2) is 17.5 Å². The van der Waals surface area contributed by atoms with Crippen molar-refractivity contribution in [3.63, 3.8) is 0 Å². The first-order valence-corrected chi connectivity index (χ1v) is 6.20. The van der Waals surface area contributed by atoms with Gasteiger partial charge in [0.1, 0.15) is 6.61 Å². The number of carbonyl (C=O) groups is 1. The Labute approximate surface area is 99.8 Å². The van der Waals surface area contributed by atoms with Gasteiger partial charge in [-0.1, -0.05) is 6.07 Å². The molecule has 0 aromatic carbocycles. The molecule has 4 nitrogen and oxygen atoms in total. The van der Waals surface area contributed by atoms with Crippen LogP contribution in [-0.4, -0.2) is 31.7 Å². The minimum atomic E-state index is -0.0856. The Kier molecular flexibility index (Phi) is 6.07. The molecule has 0 radical (unpaired) electrons. The van der Waals surface area contributed by atoms with E-state index >= 15 is 0 Å². The highest BCUT2D eigenvalue weighted by atomic mass is 32.1. The van der Waals surface area contributed by atoms with Crippen molar-refractivity contribution in [3.05, 3.63) is 22.4 Å². The van der Waals surface area contributed by atoms with Crippen LogP contribution in [0.3, 0.4) is 0 Å². The number of nitrogens with two attached hydrogens (primary N) is 1. The molecule has 0 aliphatic rings. The third-order valence-electron chi connectivity index (χ3n) is 1.99. The van der Waals surface area contributed by atoms with Crippen molar-refractivity contribution in [1.82, 2.24) is 5.32 Å². The zero-order chi connectivity index (χ0) is 11.8. The van der Waals surface area contributed by atoms with Crippen LogP contribution in [0.5, 0.6) is 0 Å². The van der Waals surface area contributed by atoms with Crippen molar-refractivity contribution in [3.8, 4) is 0 Å². The van der Waals surface area contributed by atoms with E-state index in [1.165, 1.54) is 4.88 Å². The fourth-order valence-electron chi connectivity index (χ4n) is 1.35. The summed E-state index contributed by atoms with van der Waals surface area (Å²) in [7, 11) is 0. The van der Waals surface area contributed by atoms with Gasteiger partial charge in [-0.2, -0.15) is 0 Å². The molecule has 1 unspecified atom stereocenters. The highest BCUT2D eigenvalue weighted by Crippen LogP contribution is 2.10. The minimum Gasteiger partial charge on any atom is -0.370 e. The van der Waals surface area contributed by atoms with E-state index in [-0.39, 0.29) is 18.6 Å². The van der Waals surface area contributed by atoms with Crippen molar-refractivity contribution in [1.29, 1.82) is 0 Å². The predicted octanol–water partition coefficient (Wildman–Crippen LogP) is 0.771. The summed E-state index contributed by atoms with van der Waals surface area (Å²) in [5.41, 5.74) is 5.25. The summed E-state index contributed by atoms with van der Waals surface area (Å²) in [5.74, 6) is -0.0856. The van der Waals surface area contributed by atoms with Crippen LogP contribution >= 0.6 is 11.3 Å². The van der Waals surface area contributed by atoms with Crippen molar-refractivity contribution in [2.24, 2.45) is 5.73 Å². The van der Waals surface area contributed by atoms with E-state index in [2.05, 4.69) is 11.4 Å². The standard InChI is InChI=1S/C11H18N2O2S/c1-9(7-10-3-2-6-16-10)13-11(14)8-15-5-4-12/h2-3,6,9H,4-5,7-8,12H2,1H3,(H,13,14). The minimum absolute atomic E-state index is 0.0856. The largest absolute Gasteiger partial charge is 0.370 e. The van der Waals surface area contributed by atoms with Crippen molar-refractivity contribution >= 4 is 17.2 Å². The van der Waals surface area contributed by atoms with Crippen LogP contribution in [0.2, 0.25) is 0 Å². The normalized spacial score (nSPS) is 12.4. The molecular weight excluding hydrogens is 224 g/mol. The van der Waals surface area contributed by atoms with Gasteiger partial charge in [0, 0.05) is 23.9 Å². The Hall–Kier alpha value is -0.910. The quantitative estimate of drug-likeness (QED) is 0.694. The summed E-state index contributed by atoms with van der Waals surface area (Å²) in [5, 5.41) is 4.91. The number of hydrogen-bond donors (Lipinski definition) is 2. The Morgan fingerprint density at radius 3 is 3.12 bits per heavy atom. The molecule has 1 atom stereocenters. The third-order valence-corrected chi connectivity index (χ3v) is 2.89. The highest BCUT2D eigenvalue weighted by molar-refractivity contribution is 7.09. The molecule has 1 heterocycles. The van der Waals surface area contributed by atoms with Gasteiger partial charge in [-0.15, -0.1) is 11.3 Å². The molecule has 0 saturated heterocycles. The number of amides is 1. The maximum Gasteiger partial charge on any atom is 0.246 e. The monoisotopic (exact) mass is 242 g/mol. The Morgan fingerprint density at radius 1 is 1.69 bits per heavy atom. The Morgan fingerprint density at radius 2 is 2.50 bits per heavy atom.